The largest absolute Gasteiger partial charge is 0.135 e. The molecule has 4 aromatic rings. The van der Waals surface area contributed by atoms with Crippen LogP contribution in [-0.2, 0) is 0 Å². The highest BCUT2D eigenvalue weighted by atomic mass is 32.1. The van der Waals surface area contributed by atoms with E-state index in [0.29, 0.717) is 0 Å². The second-order valence-corrected chi connectivity index (χ2v) is 9.35. The smallest absolute Gasteiger partial charge is 0.0358 e. The maximum Gasteiger partial charge on any atom is 0.0358 e. The van der Waals surface area contributed by atoms with Crippen molar-refractivity contribution in [2.75, 3.05) is 0 Å². The van der Waals surface area contributed by atoms with Crippen LogP contribution >= 0.6 is 11.3 Å². The molecule has 4 rings (SSSR count). The number of hydrogen-bond acceptors (Lipinski definition) is 1. The fourth-order valence-corrected chi connectivity index (χ4v) is 5.10. The van der Waals surface area contributed by atoms with E-state index < -0.39 is 0 Å². The van der Waals surface area contributed by atoms with Gasteiger partial charge in [-0.1, -0.05) is 83.4 Å². The Morgan fingerprint density at radius 3 is 1.70 bits per heavy atom. The molecule has 0 amide bonds. The second kappa shape index (κ2) is 8.45. The van der Waals surface area contributed by atoms with Gasteiger partial charge in [0, 0.05) is 15.3 Å². The Bertz CT molecular complexity index is 1220. The third kappa shape index (κ3) is 4.32. The van der Waals surface area contributed by atoms with Crippen molar-refractivity contribution >= 4 is 23.5 Å². The minimum atomic E-state index is 1.23. The molecule has 0 aliphatic heterocycles. The van der Waals surface area contributed by atoms with Gasteiger partial charge in [0.05, 0.1) is 0 Å². The van der Waals surface area contributed by atoms with Crippen molar-refractivity contribution in [2.45, 2.75) is 34.6 Å². The Morgan fingerprint density at radius 2 is 1.10 bits per heavy atom. The van der Waals surface area contributed by atoms with Gasteiger partial charge in [0.2, 0.25) is 0 Å². The summed E-state index contributed by atoms with van der Waals surface area (Å²) in [5.74, 6) is 0. The highest BCUT2D eigenvalue weighted by Crippen LogP contribution is 2.40. The molecule has 0 N–H and O–H groups in total. The molecular weight excluding hydrogens is 380 g/mol. The maximum atomic E-state index is 2.37. The predicted octanol–water partition coefficient (Wildman–Crippen LogP) is 8.79. The highest BCUT2D eigenvalue weighted by molar-refractivity contribution is 7.17. The first-order valence-electron chi connectivity index (χ1n) is 10.4. The van der Waals surface area contributed by atoms with E-state index in [4.69, 9.17) is 0 Å². The lowest BCUT2D eigenvalue weighted by atomic mass is 9.97. The number of rotatable bonds is 4. The Hall–Kier alpha value is -2.90. The Balaban J connectivity index is 1.84. The molecule has 0 saturated carbocycles. The van der Waals surface area contributed by atoms with Crippen LogP contribution in [-0.4, -0.2) is 0 Å². The highest BCUT2D eigenvalue weighted by Gasteiger charge is 2.14. The fourth-order valence-electron chi connectivity index (χ4n) is 3.93. The number of thiophene rings is 1. The van der Waals surface area contributed by atoms with Gasteiger partial charge in [-0.3, -0.25) is 0 Å². The average molecular weight is 409 g/mol. The fraction of sp³-hybridized carbons (Fsp3) is 0.172. The Morgan fingerprint density at radius 1 is 0.533 bits per heavy atom. The van der Waals surface area contributed by atoms with Crippen LogP contribution in [0.1, 0.15) is 38.3 Å². The van der Waals surface area contributed by atoms with Crippen LogP contribution in [0.15, 0.2) is 66.7 Å². The van der Waals surface area contributed by atoms with Gasteiger partial charge in [0.25, 0.3) is 0 Å². The molecule has 0 bridgehead atoms. The summed E-state index contributed by atoms with van der Waals surface area (Å²) in [6.07, 6.45) is 4.50. The van der Waals surface area contributed by atoms with Crippen LogP contribution in [0.5, 0.6) is 0 Å². The molecule has 1 heterocycles. The molecule has 30 heavy (non-hydrogen) atoms. The van der Waals surface area contributed by atoms with Crippen molar-refractivity contribution in [3.05, 3.63) is 105 Å². The minimum absolute atomic E-state index is 1.23. The molecule has 0 spiro atoms. The first-order chi connectivity index (χ1) is 14.4. The van der Waals surface area contributed by atoms with E-state index in [1.54, 1.807) is 0 Å². The first-order valence-corrected chi connectivity index (χ1v) is 11.3. The summed E-state index contributed by atoms with van der Waals surface area (Å²) in [7, 11) is 0. The first kappa shape index (κ1) is 20.4. The van der Waals surface area contributed by atoms with E-state index in [1.165, 1.54) is 59.8 Å². The summed E-state index contributed by atoms with van der Waals surface area (Å²) in [6, 6.07) is 24.6. The maximum absolute atomic E-state index is 2.37. The molecule has 0 unspecified atom stereocenters. The lowest BCUT2D eigenvalue weighted by Crippen LogP contribution is -1.85. The summed E-state index contributed by atoms with van der Waals surface area (Å²) < 4.78 is 0. The van der Waals surface area contributed by atoms with Crippen molar-refractivity contribution in [1.29, 1.82) is 0 Å². The molecule has 0 aliphatic rings. The average Bonchev–Trinajstić information content (AvgIpc) is 3.11. The van der Waals surface area contributed by atoms with E-state index in [0.717, 1.165) is 0 Å². The van der Waals surface area contributed by atoms with Crippen molar-refractivity contribution in [1.82, 2.24) is 0 Å². The molecule has 1 heteroatoms. The Labute approximate surface area is 184 Å². The zero-order valence-corrected chi connectivity index (χ0v) is 19.2. The SMILES string of the molecule is Cc1ccc(C=Cc2sc(-c3ccc(C)cc3C)cc2-c2ccc(C)cc2C)cc1. The summed E-state index contributed by atoms with van der Waals surface area (Å²) >= 11 is 1.88. The van der Waals surface area contributed by atoms with E-state index in [-0.39, 0.29) is 0 Å². The monoisotopic (exact) mass is 408 g/mol. The van der Waals surface area contributed by atoms with Crippen molar-refractivity contribution in [3.8, 4) is 21.6 Å². The predicted molar refractivity (Wildman–Crippen MR) is 134 cm³/mol. The van der Waals surface area contributed by atoms with Gasteiger partial charge in [-0.05, 0) is 74.6 Å². The zero-order valence-electron chi connectivity index (χ0n) is 18.4. The molecular formula is C29H28S. The van der Waals surface area contributed by atoms with Gasteiger partial charge < -0.3 is 0 Å². The van der Waals surface area contributed by atoms with E-state index in [9.17, 15) is 0 Å². The molecule has 3 aromatic carbocycles. The van der Waals surface area contributed by atoms with Gasteiger partial charge in [0.15, 0.2) is 0 Å². The van der Waals surface area contributed by atoms with Crippen LogP contribution in [0, 0.1) is 34.6 Å². The van der Waals surface area contributed by atoms with Gasteiger partial charge >= 0.3 is 0 Å². The van der Waals surface area contributed by atoms with Gasteiger partial charge in [-0.15, -0.1) is 11.3 Å². The standard InChI is InChI=1S/C29H28S/c1-19-6-10-24(11-7-19)12-15-28-27(25-13-8-20(2)16-22(25)4)18-29(30-28)26-14-9-21(3)17-23(26)5/h6-18H,1-5H3. The Kier molecular flexibility index (Phi) is 5.74. The van der Waals surface area contributed by atoms with Crippen LogP contribution in [0.4, 0.5) is 0 Å². The third-order valence-corrected chi connectivity index (χ3v) is 6.72. The summed E-state index contributed by atoms with van der Waals surface area (Å²) in [4.78, 5) is 2.63. The van der Waals surface area contributed by atoms with Crippen LogP contribution in [0.2, 0.25) is 0 Å². The van der Waals surface area contributed by atoms with Crippen molar-refractivity contribution < 1.29 is 0 Å². The quantitative estimate of drug-likeness (QED) is 0.316. The molecule has 0 nitrogen and oxygen atoms in total. The molecule has 1 aromatic heterocycles. The van der Waals surface area contributed by atoms with Crippen molar-refractivity contribution in [3.63, 3.8) is 0 Å². The summed E-state index contributed by atoms with van der Waals surface area (Å²) in [5, 5.41) is 0. The van der Waals surface area contributed by atoms with Crippen molar-refractivity contribution in [2.24, 2.45) is 0 Å². The van der Waals surface area contributed by atoms with Crippen LogP contribution in [0.25, 0.3) is 33.7 Å². The molecule has 0 atom stereocenters. The number of hydrogen-bond donors (Lipinski definition) is 0. The van der Waals surface area contributed by atoms with Crippen LogP contribution in [0.3, 0.4) is 0 Å². The van der Waals surface area contributed by atoms with Gasteiger partial charge in [0.1, 0.15) is 0 Å². The zero-order chi connectivity index (χ0) is 21.3. The lowest BCUT2D eigenvalue weighted by molar-refractivity contribution is 1.38. The van der Waals surface area contributed by atoms with Gasteiger partial charge in [-0.25, -0.2) is 0 Å². The molecule has 0 saturated heterocycles. The molecule has 150 valence electrons. The molecule has 0 aliphatic carbocycles. The molecule has 0 radical (unpaired) electrons. The number of aryl methyl sites for hydroxylation is 5. The summed E-state index contributed by atoms with van der Waals surface area (Å²) in [6.45, 7) is 10.9. The topological polar surface area (TPSA) is 0 Å². The van der Waals surface area contributed by atoms with E-state index >= 15 is 0 Å². The summed E-state index contributed by atoms with van der Waals surface area (Å²) in [5.41, 5.74) is 11.7. The minimum Gasteiger partial charge on any atom is -0.135 e. The second-order valence-electron chi connectivity index (χ2n) is 8.27. The number of benzene rings is 3. The van der Waals surface area contributed by atoms with Crippen LogP contribution < -0.4 is 0 Å². The normalized spacial score (nSPS) is 11.4. The van der Waals surface area contributed by atoms with Gasteiger partial charge in [-0.2, -0.15) is 0 Å². The molecule has 0 fully saturated rings. The third-order valence-electron chi connectivity index (χ3n) is 5.58. The van der Waals surface area contributed by atoms with E-state index in [1.807, 2.05) is 11.3 Å². The van der Waals surface area contributed by atoms with E-state index in [2.05, 4.69) is 114 Å². The lowest BCUT2D eigenvalue weighted by Gasteiger charge is -2.07.